The summed E-state index contributed by atoms with van der Waals surface area (Å²) in [7, 11) is 1.57. The van der Waals surface area contributed by atoms with E-state index in [9.17, 15) is 4.79 Å². The Kier molecular flexibility index (Phi) is 3.93. The van der Waals surface area contributed by atoms with Crippen molar-refractivity contribution in [2.75, 3.05) is 12.8 Å². The number of aromatic nitrogens is 2. The van der Waals surface area contributed by atoms with Gasteiger partial charge in [-0.25, -0.2) is 0 Å². The van der Waals surface area contributed by atoms with E-state index in [-0.39, 0.29) is 11.9 Å². The van der Waals surface area contributed by atoms with E-state index in [1.54, 1.807) is 42.3 Å². The number of nitrogens with zero attached hydrogens (tertiary/aromatic N) is 2. The molecule has 0 radical (unpaired) electrons. The Labute approximate surface area is 117 Å². The van der Waals surface area contributed by atoms with Gasteiger partial charge < -0.3 is 15.8 Å². The summed E-state index contributed by atoms with van der Waals surface area (Å²) in [6.07, 6.45) is 3.43. The van der Waals surface area contributed by atoms with Crippen LogP contribution in [0.3, 0.4) is 0 Å². The molecule has 0 spiro atoms. The Morgan fingerprint density at radius 3 is 2.75 bits per heavy atom. The quantitative estimate of drug-likeness (QED) is 0.837. The van der Waals surface area contributed by atoms with E-state index in [0.717, 1.165) is 0 Å². The fraction of sp³-hybridized carbons (Fsp3) is 0.286. The molecule has 0 fully saturated rings. The number of anilines is 1. The summed E-state index contributed by atoms with van der Waals surface area (Å²) in [5.41, 5.74) is 6.80. The minimum absolute atomic E-state index is 0.184. The third-order valence-electron chi connectivity index (χ3n) is 2.83. The summed E-state index contributed by atoms with van der Waals surface area (Å²) >= 11 is 0. The molecule has 0 aliphatic heterocycles. The van der Waals surface area contributed by atoms with Gasteiger partial charge >= 0.3 is 0 Å². The summed E-state index contributed by atoms with van der Waals surface area (Å²) < 4.78 is 7.46. The number of nitrogens with one attached hydrogen (secondary N) is 1. The molecule has 1 heterocycles. The Morgan fingerprint density at radius 1 is 1.45 bits per heavy atom. The maximum Gasteiger partial charge on any atom is 0.251 e. The zero-order valence-corrected chi connectivity index (χ0v) is 11.8. The standard InChI is InChI=1S/C14H18N4O2/c1-9(2)18-8-11(7-17-18)20-13-5-4-10(6-12(13)15)14(19)16-3/h4-9H,15H2,1-3H3,(H,16,19). The number of rotatable bonds is 4. The number of nitrogens with two attached hydrogens (primary N) is 1. The van der Waals surface area contributed by atoms with Crippen LogP contribution < -0.4 is 15.8 Å². The van der Waals surface area contributed by atoms with Crippen LogP contribution in [0.4, 0.5) is 5.69 Å². The molecule has 1 aromatic heterocycles. The molecule has 20 heavy (non-hydrogen) atoms. The van der Waals surface area contributed by atoms with Gasteiger partial charge in [0, 0.05) is 18.7 Å². The lowest BCUT2D eigenvalue weighted by Gasteiger charge is -2.08. The largest absolute Gasteiger partial charge is 0.452 e. The van der Waals surface area contributed by atoms with Gasteiger partial charge in [0.15, 0.2) is 11.5 Å². The highest BCUT2D eigenvalue weighted by molar-refractivity contribution is 5.95. The normalized spacial score (nSPS) is 10.6. The second-order valence-electron chi connectivity index (χ2n) is 4.68. The fourth-order valence-corrected chi connectivity index (χ4v) is 1.71. The first-order valence-corrected chi connectivity index (χ1v) is 6.35. The van der Waals surface area contributed by atoms with Crippen LogP contribution in [0, 0.1) is 0 Å². The lowest BCUT2D eigenvalue weighted by molar-refractivity contribution is 0.0963. The summed E-state index contributed by atoms with van der Waals surface area (Å²) in [4.78, 5) is 11.5. The highest BCUT2D eigenvalue weighted by Crippen LogP contribution is 2.28. The monoisotopic (exact) mass is 274 g/mol. The van der Waals surface area contributed by atoms with Gasteiger partial charge in [-0.05, 0) is 32.0 Å². The highest BCUT2D eigenvalue weighted by atomic mass is 16.5. The summed E-state index contributed by atoms with van der Waals surface area (Å²) in [5, 5.41) is 6.73. The molecule has 0 saturated heterocycles. The molecule has 1 aromatic carbocycles. The summed E-state index contributed by atoms with van der Waals surface area (Å²) in [6.45, 7) is 4.06. The Bertz CT molecular complexity index is 619. The first kappa shape index (κ1) is 13.9. The van der Waals surface area contributed by atoms with E-state index in [2.05, 4.69) is 10.4 Å². The smallest absolute Gasteiger partial charge is 0.251 e. The van der Waals surface area contributed by atoms with Crippen molar-refractivity contribution in [2.24, 2.45) is 0 Å². The van der Waals surface area contributed by atoms with Gasteiger partial charge in [0.25, 0.3) is 5.91 Å². The van der Waals surface area contributed by atoms with Gasteiger partial charge in [0.05, 0.1) is 18.1 Å². The van der Waals surface area contributed by atoms with E-state index in [1.165, 1.54) is 0 Å². The van der Waals surface area contributed by atoms with Crippen molar-refractivity contribution < 1.29 is 9.53 Å². The Morgan fingerprint density at radius 2 is 2.20 bits per heavy atom. The molecule has 2 aromatic rings. The number of carbonyl (C=O) groups is 1. The van der Waals surface area contributed by atoms with Gasteiger partial charge in [-0.3, -0.25) is 9.48 Å². The SMILES string of the molecule is CNC(=O)c1ccc(Oc2cnn(C(C)C)c2)c(N)c1. The number of amides is 1. The maximum absolute atomic E-state index is 11.5. The maximum atomic E-state index is 11.5. The highest BCUT2D eigenvalue weighted by Gasteiger charge is 2.09. The van der Waals surface area contributed by atoms with Gasteiger partial charge in [-0.1, -0.05) is 0 Å². The number of nitrogen functional groups attached to an aromatic ring is 1. The third-order valence-corrected chi connectivity index (χ3v) is 2.83. The molecule has 1 amide bonds. The van der Waals surface area contributed by atoms with E-state index in [0.29, 0.717) is 22.7 Å². The molecule has 6 heteroatoms. The molecule has 0 atom stereocenters. The first-order chi connectivity index (χ1) is 9.51. The van der Waals surface area contributed by atoms with Crippen LogP contribution in [-0.4, -0.2) is 22.7 Å². The van der Waals surface area contributed by atoms with Crippen LogP contribution in [0.1, 0.15) is 30.2 Å². The predicted molar refractivity (Wildman–Crippen MR) is 76.9 cm³/mol. The van der Waals surface area contributed by atoms with E-state index in [4.69, 9.17) is 10.5 Å². The van der Waals surface area contributed by atoms with Crippen LogP contribution in [0.5, 0.6) is 11.5 Å². The van der Waals surface area contributed by atoms with Crippen molar-refractivity contribution in [1.29, 1.82) is 0 Å². The van der Waals surface area contributed by atoms with E-state index in [1.807, 2.05) is 13.8 Å². The zero-order chi connectivity index (χ0) is 14.7. The summed E-state index contributed by atoms with van der Waals surface area (Å²) in [5.74, 6) is 0.926. The molecule has 6 nitrogen and oxygen atoms in total. The van der Waals surface area contributed by atoms with Crippen molar-refractivity contribution in [1.82, 2.24) is 15.1 Å². The lowest BCUT2D eigenvalue weighted by atomic mass is 10.2. The van der Waals surface area contributed by atoms with Gasteiger partial charge in [0.2, 0.25) is 0 Å². The van der Waals surface area contributed by atoms with Crippen molar-refractivity contribution in [3.63, 3.8) is 0 Å². The molecular formula is C14H18N4O2. The lowest BCUT2D eigenvalue weighted by Crippen LogP contribution is -2.17. The van der Waals surface area contributed by atoms with Gasteiger partial charge in [-0.2, -0.15) is 5.10 Å². The number of hydrogen-bond acceptors (Lipinski definition) is 4. The Balaban J connectivity index is 2.19. The average Bonchev–Trinajstić information content (AvgIpc) is 2.89. The second-order valence-corrected chi connectivity index (χ2v) is 4.68. The van der Waals surface area contributed by atoms with Crippen LogP contribution in [0.15, 0.2) is 30.6 Å². The molecule has 0 saturated carbocycles. The average molecular weight is 274 g/mol. The van der Waals surface area contributed by atoms with Crippen LogP contribution in [0.2, 0.25) is 0 Å². The van der Waals surface area contributed by atoms with Gasteiger partial charge in [0.1, 0.15) is 0 Å². The molecule has 0 aliphatic rings. The van der Waals surface area contributed by atoms with Crippen molar-refractivity contribution >= 4 is 11.6 Å². The number of hydrogen-bond donors (Lipinski definition) is 2. The summed E-state index contributed by atoms with van der Waals surface area (Å²) in [6, 6.07) is 5.19. The first-order valence-electron chi connectivity index (χ1n) is 6.35. The fourth-order valence-electron chi connectivity index (χ4n) is 1.71. The molecule has 106 valence electrons. The molecule has 0 aliphatic carbocycles. The van der Waals surface area contributed by atoms with Crippen LogP contribution in [0.25, 0.3) is 0 Å². The number of ether oxygens (including phenoxy) is 1. The van der Waals surface area contributed by atoms with Crippen LogP contribution in [-0.2, 0) is 0 Å². The minimum atomic E-state index is -0.184. The molecule has 3 N–H and O–H groups in total. The molecule has 0 bridgehead atoms. The van der Waals surface area contributed by atoms with E-state index >= 15 is 0 Å². The van der Waals surface area contributed by atoms with Crippen LogP contribution >= 0.6 is 0 Å². The van der Waals surface area contributed by atoms with E-state index < -0.39 is 0 Å². The number of carbonyl (C=O) groups excluding carboxylic acids is 1. The zero-order valence-electron chi connectivity index (χ0n) is 11.8. The number of benzene rings is 1. The molecule has 0 unspecified atom stereocenters. The molecular weight excluding hydrogens is 256 g/mol. The minimum Gasteiger partial charge on any atom is -0.452 e. The topological polar surface area (TPSA) is 82.2 Å². The van der Waals surface area contributed by atoms with Gasteiger partial charge in [-0.15, -0.1) is 0 Å². The molecule has 2 rings (SSSR count). The van der Waals surface area contributed by atoms with Crippen molar-refractivity contribution in [3.05, 3.63) is 36.2 Å². The third kappa shape index (κ3) is 2.90. The second kappa shape index (κ2) is 5.64. The van der Waals surface area contributed by atoms with Crippen molar-refractivity contribution in [3.8, 4) is 11.5 Å². The van der Waals surface area contributed by atoms with Crippen molar-refractivity contribution in [2.45, 2.75) is 19.9 Å². The predicted octanol–water partition coefficient (Wildman–Crippen LogP) is 2.20. The Hall–Kier alpha value is -2.50.